The van der Waals surface area contributed by atoms with Crippen molar-refractivity contribution in [2.75, 3.05) is 13.1 Å². The summed E-state index contributed by atoms with van der Waals surface area (Å²) >= 11 is 0. The third kappa shape index (κ3) is 4.31. The Balaban J connectivity index is 1.98. The minimum Gasteiger partial charge on any atom is -0.480 e. The molecule has 120 valence electrons. The van der Waals surface area contributed by atoms with Crippen molar-refractivity contribution >= 4 is 11.9 Å². The van der Waals surface area contributed by atoms with Gasteiger partial charge in [-0.05, 0) is 37.9 Å². The molecule has 22 heavy (non-hydrogen) atoms. The summed E-state index contributed by atoms with van der Waals surface area (Å²) < 4.78 is 0. The van der Waals surface area contributed by atoms with Crippen molar-refractivity contribution in [2.24, 2.45) is 0 Å². The third-order valence-electron chi connectivity index (χ3n) is 4.07. The third-order valence-corrected chi connectivity index (χ3v) is 4.07. The lowest BCUT2D eigenvalue weighted by Gasteiger charge is -2.24. The molecule has 1 fully saturated rings. The SMILES string of the molecule is CCCN1CCCC1C(=O)NC(Cc1ccccc1)C(=O)O. The summed E-state index contributed by atoms with van der Waals surface area (Å²) in [7, 11) is 0. The number of benzene rings is 1. The van der Waals surface area contributed by atoms with E-state index in [1.54, 1.807) is 0 Å². The fourth-order valence-corrected chi connectivity index (χ4v) is 3.00. The molecule has 0 aliphatic carbocycles. The highest BCUT2D eigenvalue weighted by molar-refractivity contribution is 5.87. The fraction of sp³-hybridized carbons (Fsp3) is 0.529. The van der Waals surface area contributed by atoms with Crippen LogP contribution in [0.5, 0.6) is 0 Å². The largest absolute Gasteiger partial charge is 0.480 e. The van der Waals surface area contributed by atoms with Crippen LogP contribution in [-0.2, 0) is 16.0 Å². The van der Waals surface area contributed by atoms with Gasteiger partial charge in [0, 0.05) is 6.42 Å². The van der Waals surface area contributed by atoms with E-state index >= 15 is 0 Å². The van der Waals surface area contributed by atoms with Gasteiger partial charge in [-0.1, -0.05) is 37.3 Å². The molecule has 0 saturated carbocycles. The molecule has 0 spiro atoms. The second-order valence-electron chi connectivity index (χ2n) is 5.78. The number of nitrogens with one attached hydrogen (secondary N) is 1. The molecule has 5 heteroatoms. The molecule has 0 radical (unpaired) electrons. The van der Waals surface area contributed by atoms with Crippen LogP contribution in [-0.4, -0.2) is 47.1 Å². The number of likely N-dealkylation sites (tertiary alicyclic amines) is 1. The number of carboxylic acid groups (broad SMARTS) is 1. The average Bonchev–Trinajstić information content (AvgIpc) is 2.96. The van der Waals surface area contributed by atoms with E-state index in [1.807, 2.05) is 30.3 Å². The summed E-state index contributed by atoms with van der Waals surface area (Å²) in [5.41, 5.74) is 0.909. The minimum atomic E-state index is -0.989. The predicted octanol–water partition coefficient (Wildman–Crippen LogP) is 1.67. The van der Waals surface area contributed by atoms with Gasteiger partial charge in [-0.3, -0.25) is 9.69 Å². The standard InChI is InChI=1S/C17H24N2O3/c1-2-10-19-11-6-9-15(19)16(20)18-14(17(21)22)12-13-7-4-3-5-8-13/h3-5,7-8,14-15H,2,6,9-12H2,1H3,(H,18,20)(H,21,22). The van der Waals surface area contributed by atoms with E-state index in [1.165, 1.54) is 0 Å². The molecular formula is C17H24N2O3. The highest BCUT2D eigenvalue weighted by Crippen LogP contribution is 2.18. The van der Waals surface area contributed by atoms with E-state index in [0.29, 0.717) is 6.42 Å². The second kappa shape index (κ2) is 7.94. The molecule has 1 aromatic carbocycles. The Morgan fingerprint density at radius 1 is 1.36 bits per heavy atom. The zero-order valence-electron chi connectivity index (χ0n) is 13.0. The summed E-state index contributed by atoms with van der Waals surface area (Å²) in [5, 5.41) is 12.1. The first-order valence-corrected chi connectivity index (χ1v) is 7.93. The molecule has 1 aliphatic rings. The Labute approximate surface area is 131 Å². The van der Waals surface area contributed by atoms with Crippen LogP contribution in [0.3, 0.4) is 0 Å². The molecule has 1 saturated heterocycles. The summed E-state index contributed by atoms with van der Waals surface area (Å²) in [6.07, 6.45) is 3.11. The Hall–Kier alpha value is -1.88. The maximum Gasteiger partial charge on any atom is 0.326 e. The summed E-state index contributed by atoms with van der Waals surface area (Å²) in [5.74, 6) is -1.15. The van der Waals surface area contributed by atoms with E-state index in [4.69, 9.17) is 0 Å². The molecular weight excluding hydrogens is 280 g/mol. The van der Waals surface area contributed by atoms with E-state index in [0.717, 1.165) is 37.9 Å². The fourth-order valence-electron chi connectivity index (χ4n) is 3.00. The molecule has 0 bridgehead atoms. The van der Waals surface area contributed by atoms with Crippen molar-refractivity contribution < 1.29 is 14.7 Å². The van der Waals surface area contributed by atoms with Gasteiger partial charge in [0.2, 0.25) is 5.91 Å². The normalized spacial score (nSPS) is 19.8. The Morgan fingerprint density at radius 3 is 2.73 bits per heavy atom. The topological polar surface area (TPSA) is 69.6 Å². The van der Waals surface area contributed by atoms with Crippen molar-refractivity contribution in [3.8, 4) is 0 Å². The van der Waals surface area contributed by atoms with Gasteiger partial charge in [-0.25, -0.2) is 4.79 Å². The zero-order chi connectivity index (χ0) is 15.9. The number of aliphatic carboxylic acids is 1. The lowest BCUT2D eigenvalue weighted by molar-refractivity contribution is -0.142. The molecule has 2 unspecified atom stereocenters. The van der Waals surface area contributed by atoms with E-state index in [9.17, 15) is 14.7 Å². The van der Waals surface area contributed by atoms with Crippen molar-refractivity contribution in [1.29, 1.82) is 0 Å². The number of rotatable bonds is 7. The maximum absolute atomic E-state index is 12.4. The summed E-state index contributed by atoms with van der Waals surface area (Å²) in [6.45, 7) is 3.89. The number of carboxylic acids is 1. The van der Waals surface area contributed by atoms with Crippen LogP contribution in [0.2, 0.25) is 0 Å². The van der Waals surface area contributed by atoms with Crippen LogP contribution in [0, 0.1) is 0 Å². The number of hydrogen-bond acceptors (Lipinski definition) is 3. The first kappa shape index (κ1) is 16.5. The molecule has 2 atom stereocenters. The minimum absolute atomic E-state index is 0.158. The van der Waals surface area contributed by atoms with Crippen molar-refractivity contribution in [2.45, 2.75) is 44.7 Å². The number of amides is 1. The van der Waals surface area contributed by atoms with Crippen LogP contribution in [0.25, 0.3) is 0 Å². The van der Waals surface area contributed by atoms with Crippen LogP contribution < -0.4 is 5.32 Å². The van der Waals surface area contributed by atoms with Gasteiger partial charge in [0.05, 0.1) is 6.04 Å². The number of carbonyl (C=O) groups excluding carboxylic acids is 1. The highest BCUT2D eigenvalue weighted by Gasteiger charge is 2.32. The van der Waals surface area contributed by atoms with Gasteiger partial charge in [0.15, 0.2) is 0 Å². The number of nitrogens with zero attached hydrogens (tertiary/aromatic N) is 1. The molecule has 2 rings (SSSR count). The second-order valence-corrected chi connectivity index (χ2v) is 5.78. The van der Waals surface area contributed by atoms with Crippen LogP contribution in [0.1, 0.15) is 31.7 Å². The van der Waals surface area contributed by atoms with Crippen molar-refractivity contribution in [3.63, 3.8) is 0 Å². The zero-order valence-corrected chi connectivity index (χ0v) is 13.0. The molecule has 5 nitrogen and oxygen atoms in total. The van der Waals surface area contributed by atoms with Gasteiger partial charge >= 0.3 is 5.97 Å². The maximum atomic E-state index is 12.4. The number of carbonyl (C=O) groups is 2. The van der Waals surface area contributed by atoms with Gasteiger partial charge < -0.3 is 10.4 Å². The van der Waals surface area contributed by atoms with Gasteiger partial charge in [0.1, 0.15) is 6.04 Å². The molecule has 1 heterocycles. The molecule has 1 aliphatic heterocycles. The van der Waals surface area contributed by atoms with Gasteiger partial charge in [0.25, 0.3) is 0 Å². The van der Waals surface area contributed by atoms with Crippen molar-refractivity contribution in [1.82, 2.24) is 10.2 Å². The smallest absolute Gasteiger partial charge is 0.326 e. The number of hydrogen-bond donors (Lipinski definition) is 2. The van der Waals surface area contributed by atoms with Crippen LogP contribution >= 0.6 is 0 Å². The molecule has 1 aromatic rings. The monoisotopic (exact) mass is 304 g/mol. The lowest BCUT2D eigenvalue weighted by atomic mass is 10.1. The first-order chi connectivity index (χ1) is 10.6. The summed E-state index contributed by atoms with van der Waals surface area (Å²) in [4.78, 5) is 26.0. The van der Waals surface area contributed by atoms with Crippen LogP contribution in [0.15, 0.2) is 30.3 Å². The summed E-state index contributed by atoms with van der Waals surface area (Å²) in [6, 6.07) is 8.32. The quantitative estimate of drug-likeness (QED) is 0.804. The predicted molar refractivity (Wildman–Crippen MR) is 84.6 cm³/mol. The molecule has 1 amide bonds. The van der Waals surface area contributed by atoms with Gasteiger partial charge in [-0.2, -0.15) is 0 Å². The van der Waals surface area contributed by atoms with Crippen LogP contribution in [0.4, 0.5) is 0 Å². The average molecular weight is 304 g/mol. The Bertz CT molecular complexity index is 504. The Morgan fingerprint density at radius 2 is 2.09 bits per heavy atom. The first-order valence-electron chi connectivity index (χ1n) is 7.93. The molecule has 0 aromatic heterocycles. The Kier molecular flexibility index (Phi) is 5.95. The van der Waals surface area contributed by atoms with Crippen molar-refractivity contribution in [3.05, 3.63) is 35.9 Å². The van der Waals surface area contributed by atoms with E-state index < -0.39 is 12.0 Å². The van der Waals surface area contributed by atoms with Gasteiger partial charge in [-0.15, -0.1) is 0 Å². The van der Waals surface area contributed by atoms with E-state index in [-0.39, 0.29) is 11.9 Å². The van der Waals surface area contributed by atoms with E-state index in [2.05, 4.69) is 17.1 Å². The molecule has 2 N–H and O–H groups in total. The highest BCUT2D eigenvalue weighted by atomic mass is 16.4. The lowest BCUT2D eigenvalue weighted by Crippen LogP contribution is -2.50.